The zero-order valence-corrected chi connectivity index (χ0v) is 18.1. The number of fused-ring (bicyclic) bond motifs is 1. The van der Waals surface area contributed by atoms with Crippen LogP contribution < -0.4 is 9.47 Å². The highest BCUT2D eigenvalue weighted by Gasteiger charge is 2.20. The van der Waals surface area contributed by atoms with Gasteiger partial charge in [-0.2, -0.15) is 0 Å². The maximum absolute atomic E-state index is 12.5. The largest absolute Gasteiger partial charge is 0.491 e. The molecule has 0 aliphatic heterocycles. The molecule has 0 bridgehead atoms. The molecule has 1 aromatic heterocycles. The van der Waals surface area contributed by atoms with Gasteiger partial charge in [-0.15, -0.1) is 0 Å². The molecule has 0 atom stereocenters. The van der Waals surface area contributed by atoms with Gasteiger partial charge in [0.15, 0.2) is 0 Å². The Kier molecular flexibility index (Phi) is 7.42. The normalized spacial score (nSPS) is 15.2. The summed E-state index contributed by atoms with van der Waals surface area (Å²) in [5, 5.41) is 0.895. The molecule has 6 heteroatoms. The van der Waals surface area contributed by atoms with E-state index in [1.54, 1.807) is 0 Å². The van der Waals surface area contributed by atoms with Gasteiger partial charge in [-0.1, -0.05) is 6.42 Å². The molecule has 0 radical (unpaired) electrons. The molecule has 3 rings (SSSR count). The number of aromatic nitrogens is 1. The van der Waals surface area contributed by atoms with E-state index in [0.29, 0.717) is 12.3 Å². The molecule has 6 nitrogen and oxygen atoms in total. The Bertz CT molecular complexity index is 807. The first-order chi connectivity index (χ1) is 13.9. The van der Waals surface area contributed by atoms with E-state index in [-0.39, 0.29) is 18.2 Å². The Morgan fingerprint density at radius 2 is 1.93 bits per heavy atom. The number of ether oxygens (including phenoxy) is 3. The Morgan fingerprint density at radius 1 is 1.17 bits per heavy atom. The Hall–Kier alpha value is -2.21. The highest BCUT2D eigenvalue weighted by atomic mass is 16.5. The van der Waals surface area contributed by atoms with Crippen molar-refractivity contribution in [3.63, 3.8) is 0 Å². The van der Waals surface area contributed by atoms with Crippen molar-refractivity contribution in [3.05, 3.63) is 23.9 Å². The number of nitrogens with zero attached hydrogens (tertiary/aromatic N) is 1. The minimum absolute atomic E-state index is 0.0612. The molecule has 0 unspecified atom stereocenters. The predicted octanol–water partition coefficient (Wildman–Crippen LogP) is 4.78. The second kappa shape index (κ2) is 10.0. The third-order valence-corrected chi connectivity index (χ3v) is 5.09. The van der Waals surface area contributed by atoms with Crippen LogP contribution >= 0.6 is 0 Å². The van der Waals surface area contributed by atoms with Crippen LogP contribution in [0, 0.1) is 0 Å². The van der Waals surface area contributed by atoms with Crippen LogP contribution in [0.1, 0.15) is 62.9 Å². The van der Waals surface area contributed by atoms with Crippen LogP contribution in [-0.4, -0.2) is 55.3 Å². The van der Waals surface area contributed by atoms with Gasteiger partial charge in [0, 0.05) is 24.1 Å². The summed E-state index contributed by atoms with van der Waals surface area (Å²) in [6.45, 7) is 5.28. The summed E-state index contributed by atoms with van der Waals surface area (Å²) in [6, 6.07) is 5.70. The van der Waals surface area contributed by atoms with Crippen molar-refractivity contribution in [3.8, 4) is 11.5 Å². The summed E-state index contributed by atoms with van der Waals surface area (Å²) in [6.07, 6.45) is 6.91. The van der Waals surface area contributed by atoms with Crippen molar-refractivity contribution < 1.29 is 19.0 Å². The number of esters is 1. The fourth-order valence-corrected chi connectivity index (χ4v) is 3.71. The van der Waals surface area contributed by atoms with Gasteiger partial charge in [-0.05, 0) is 66.1 Å². The van der Waals surface area contributed by atoms with E-state index >= 15 is 0 Å². The Labute approximate surface area is 173 Å². The number of hydrogen-bond donors (Lipinski definition) is 1. The molecule has 1 fully saturated rings. The van der Waals surface area contributed by atoms with Crippen LogP contribution in [0.25, 0.3) is 10.9 Å². The van der Waals surface area contributed by atoms with Crippen LogP contribution in [0.4, 0.5) is 0 Å². The molecule has 1 heterocycles. The van der Waals surface area contributed by atoms with Crippen molar-refractivity contribution in [1.29, 1.82) is 0 Å². The number of aromatic amines is 1. The monoisotopic (exact) mass is 402 g/mol. The lowest BCUT2D eigenvalue weighted by molar-refractivity contribution is 0.0487. The summed E-state index contributed by atoms with van der Waals surface area (Å²) in [7, 11) is 4.01. The molecule has 1 aliphatic carbocycles. The standard InChI is InChI=1S/C23H34N2O4/c1-16(2)28-18-13-20-19(22(14-18)29-17-9-6-5-7-10-17)15-21(24-20)23(26)27-12-8-11-25(3)4/h13-17,24H,5-12H2,1-4H3. The number of nitrogens with one attached hydrogen (secondary N) is 1. The van der Waals surface area contributed by atoms with Crippen molar-refractivity contribution in [1.82, 2.24) is 9.88 Å². The molecule has 2 aromatic rings. The fraction of sp³-hybridized carbons (Fsp3) is 0.609. The third-order valence-electron chi connectivity index (χ3n) is 5.09. The summed E-state index contributed by atoms with van der Waals surface area (Å²) in [5.41, 5.74) is 1.27. The second-order valence-electron chi connectivity index (χ2n) is 8.40. The Morgan fingerprint density at radius 3 is 2.62 bits per heavy atom. The lowest BCUT2D eigenvalue weighted by Gasteiger charge is -2.24. The van der Waals surface area contributed by atoms with E-state index < -0.39 is 0 Å². The molecule has 0 spiro atoms. The molecule has 1 aliphatic rings. The van der Waals surface area contributed by atoms with Gasteiger partial charge >= 0.3 is 5.97 Å². The maximum atomic E-state index is 12.5. The van der Waals surface area contributed by atoms with Crippen LogP contribution in [0.5, 0.6) is 11.5 Å². The molecule has 0 saturated heterocycles. The van der Waals surface area contributed by atoms with Gasteiger partial charge in [0.2, 0.25) is 0 Å². The fourth-order valence-electron chi connectivity index (χ4n) is 3.71. The van der Waals surface area contributed by atoms with Gasteiger partial charge in [-0.3, -0.25) is 0 Å². The highest BCUT2D eigenvalue weighted by Crippen LogP contribution is 2.35. The van der Waals surface area contributed by atoms with Gasteiger partial charge in [0.05, 0.1) is 24.3 Å². The predicted molar refractivity (Wildman–Crippen MR) is 115 cm³/mol. The topological polar surface area (TPSA) is 63.8 Å². The second-order valence-corrected chi connectivity index (χ2v) is 8.40. The van der Waals surface area contributed by atoms with Crippen molar-refractivity contribution in [2.45, 2.75) is 64.6 Å². The van der Waals surface area contributed by atoms with Crippen LogP contribution in [-0.2, 0) is 4.74 Å². The summed E-state index contributed by atoms with van der Waals surface area (Å²) < 4.78 is 17.7. The van der Waals surface area contributed by atoms with E-state index in [9.17, 15) is 4.79 Å². The van der Waals surface area contributed by atoms with Crippen LogP contribution in [0.15, 0.2) is 18.2 Å². The van der Waals surface area contributed by atoms with Crippen molar-refractivity contribution in [2.24, 2.45) is 0 Å². The number of rotatable bonds is 9. The summed E-state index contributed by atoms with van der Waals surface area (Å²) in [4.78, 5) is 17.7. The van der Waals surface area contributed by atoms with E-state index in [4.69, 9.17) is 14.2 Å². The zero-order chi connectivity index (χ0) is 20.8. The average Bonchev–Trinajstić information content (AvgIpc) is 3.10. The third kappa shape index (κ3) is 6.13. The summed E-state index contributed by atoms with van der Waals surface area (Å²) >= 11 is 0. The number of benzene rings is 1. The van der Waals surface area contributed by atoms with Crippen LogP contribution in [0.3, 0.4) is 0 Å². The molecule has 1 aromatic carbocycles. The summed E-state index contributed by atoms with van der Waals surface area (Å²) in [5.74, 6) is 1.17. The van der Waals surface area contributed by atoms with Crippen molar-refractivity contribution >= 4 is 16.9 Å². The van der Waals surface area contributed by atoms with Gasteiger partial charge in [0.1, 0.15) is 17.2 Å². The number of H-pyrrole nitrogens is 1. The lowest BCUT2D eigenvalue weighted by atomic mass is 9.98. The molecular weight excluding hydrogens is 368 g/mol. The molecule has 0 amide bonds. The highest BCUT2D eigenvalue weighted by molar-refractivity contribution is 5.97. The minimum atomic E-state index is -0.338. The smallest absolute Gasteiger partial charge is 0.354 e. The van der Waals surface area contributed by atoms with Gasteiger partial charge in [-0.25, -0.2) is 4.79 Å². The molecule has 1 N–H and O–H groups in total. The van der Waals surface area contributed by atoms with Gasteiger partial charge in [0.25, 0.3) is 0 Å². The zero-order valence-electron chi connectivity index (χ0n) is 18.1. The maximum Gasteiger partial charge on any atom is 0.354 e. The Balaban J connectivity index is 1.80. The van der Waals surface area contributed by atoms with Crippen LogP contribution in [0.2, 0.25) is 0 Å². The average molecular weight is 403 g/mol. The minimum Gasteiger partial charge on any atom is -0.491 e. The molecular formula is C23H34N2O4. The van der Waals surface area contributed by atoms with E-state index in [1.165, 1.54) is 19.3 Å². The number of carbonyl (C=O) groups excluding carboxylic acids is 1. The van der Waals surface area contributed by atoms with E-state index in [2.05, 4.69) is 9.88 Å². The SMILES string of the molecule is CC(C)Oc1cc(OC2CCCCC2)c2cc(C(=O)OCCCN(C)C)[nH]c2c1. The van der Waals surface area contributed by atoms with E-state index in [1.807, 2.05) is 46.1 Å². The first-order valence-corrected chi connectivity index (χ1v) is 10.7. The number of hydrogen-bond acceptors (Lipinski definition) is 5. The quantitative estimate of drug-likeness (QED) is 0.483. The molecule has 29 heavy (non-hydrogen) atoms. The molecule has 160 valence electrons. The first-order valence-electron chi connectivity index (χ1n) is 10.7. The molecule has 1 saturated carbocycles. The van der Waals surface area contributed by atoms with E-state index in [0.717, 1.165) is 48.2 Å². The lowest BCUT2D eigenvalue weighted by Crippen LogP contribution is -2.19. The van der Waals surface area contributed by atoms with Gasteiger partial charge < -0.3 is 24.1 Å². The number of carbonyl (C=O) groups is 1. The van der Waals surface area contributed by atoms with Crippen molar-refractivity contribution in [2.75, 3.05) is 27.2 Å². The first kappa shape index (κ1) is 21.5.